The summed E-state index contributed by atoms with van der Waals surface area (Å²) < 4.78 is 48.4. The van der Waals surface area contributed by atoms with Gasteiger partial charge in [0.1, 0.15) is 12.3 Å². The number of nitrogens with zero attached hydrogens (tertiary/aromatic N) is 2. The summed E-state index contributed by atoms with van der Waals surface area (Å²) in [6.07, 6.45) is 3.44. The summed E-state index contributed by atoms with van der Waals surface area (Å²) in [5, 5.41) is 24.8. The van der Waals surface area contributed by atoms with E-state index in [2.05, 4.69) is 12.2 Å². The maximum atomic E-state index is 11.4. The monoisotopic (exact) mass is 677 g/mol. The SMILES string of the molecule is CCCCCC(=O)OCCOCCOCCOCCOCCOCCOCCOCCOCCNc1ccc([N+](=O)[O-])cc1[N+](=O)[O-]. The van der Waals surface area contributed by atoms with Gasteiger partial charge in [-0.2, -0.15) is 0 Å². The van der Waals surface area contributed by atoms with Crippen molar-refractivity contribution in [3.8, 4) is 0 Å². The number of ether oxygens (including phenoxy) is 9. The van der Waals surface area contributed by atoms with Crippen molar-refractivity contribution in [1.82, 2.24) is 0 Å². The summed E-state index contributed by atoms with van der Waals surface area (Å²) in [5.41, 5.74) is -0.531. The zero-order valence-corrected chi connectivity index (χ0v) is 27.4. The second-order valence-corrected chi connectivity index (χ2v) is 9.72. The molecule has 0 atom stereocenters. The van der Waals surface area contributed by atoms with Crippen LogP contribution in [-0.2, 0) is 47.4 Å². The molecule has 1 N–H and O–H groups in total. The van der Waals surface area contributed by atoms with Crippen LogP contribution in [0, 0.1) is 20.2 Å². The molecule has 0 aliphatic carbocycles. The predicted octanol–water partition coefficient (Wildman–Crippen LogP) is 3.17. The molecule has 0 saturated heterocycles. The average molecular weight is 678 g/mol. The number of hydrogen-bond donors (Lipinski definition) is 1. The number of benzene rings is 1. The van der Waals surface area contributed by atoms with E-state index in [9.17, 15) is 25.0 Å². The van der Waals surface area contributed by atoms with Gasteiger partial charge in [0, 0.05) is 19.0 Å². The van der Waals surface area contributed by atoms with Crippen LogP contribution >= 0.6 is 0 Å². The third kappa shape index (κ3) is 24.8. The number of nitro groups is 2. The quantitative estimate of drug-likeness (QED) is 0.0482. The molecule has 0 bridgehead atoms. The first-order valence-electron chi connectivity index (χ1n) is 15.9. The standard InChI is InChI=1S/C30H51N3O14/c1-2-3-4-5-30(34)47-25-24-46-23-22-45-21-20-44-19-18-43-17-16-42-15-14-41-13-12-40-11-10-39-9-8-31-28-7-6-27(32(35)36)26-29(28)33(37)38/h6-7,26,31H,2-5,8-25H2,1H3. The van der Waals surface area contributed by atoms with E-state index in [1.165, 1.54) is 12.1 Å². The van der Waals surface area contributed by atoms with Gasteiger partial charge in [0.05, 0.1) is 122 Å². The van der Waals surface area contributed by atoms with Gasteiger partial charge in [-0.1, -0.05) is 19.8 Å². The van der Waals surface area contributed by atoms with Crippen molar-refractivity contribution >= 4 is 23.0 Å². The Labute approximate surface area is 275 Å². The predicted molar refractivity (Wildman–Crippen MR) is 170 cm³/mol. The molecular weight excluding hydrogens is 626 g/mol. The van der Waals surface area contributed by atoms with E-state index in [-0.39, 0.29) is 42.8 Å². The van der Waals surface area contributed by atoms with Gasteiger partial charge in [-0.15, -0.1) is 0 Å². The number of nitro benzene ring substituents is 2. The Kier molecular flexibility index (Phi) is 27.1. The lowest BCUT2D eigenvalue weighted by molar-refractivity contribution is -0.393. The first-order valence-corrected chi connectivity index (χ1v) is 15.9. The molecule has 0 saturated carbocycles. The topological polar surface area (TPSA) is 198 Å². The number of hydrogen-bond acceptors (Lipinski definition) is 15. The first kappa shape index (κ1) is 42.0. The number of unbranched alkanes of at least 4 members (excludes halogenated alkanes) is 2. The molecule has 0 amide bonds. The van der Waals surface area contributed by atoms with Crippen molar-refractivity contribution in [3.63, 3.8) is 0 Å². The molecule has 0 spiro atoms. The number of esters is 1. The third-order valence-corrected chi connectivity index (χ3v) is 6.03. The minimum Gasteiger partial charge on any atom is -0.463 e. The largest absolute Gasteiger partial charge is 0.463 e. The fourth-order valence-electron chi connectivity index (χ4n) is 3.64. The lowest BCUT2D eigenvalue weighted by atomic mass is 10.2. The molecule has 17 heteroatoms. The Hall–Kier alpha value is -3.03. The van der Waals surface area contributed by atoms with Crippen LogP contribution in [0.5, 0.6) is 0 Å². The lowest BCUT2D eigenvalue weighted by Crippen LogP contribution is -2.16. The molecule has 0 radical (unpaired) electrons. The number of anilines is 1. The van der Waals surface area contributed by atoms with Crippen molar-refractivity contribution in [1.29, 1.82) is 0 Å². The second kappa shape index (κ2) is 30.3. The molecule has 0 fully saturated rings. The van der Waals surface area contributed by atoms with Crippen LogP contribution in [0.4, 0.5) is 17.1 Å². The molecule has 0 aliphatic rings. The van der Waals surface area contributed by atoms with Gasteiger partial charge < -0.3 is 47.9 Å². The average Bonchev–Trinajstić information content (AvgIpc) is 3.06. The minimum atomic E-state index is -0.683. The number of non-ortho nitro benzene ring substituents is 1. The smallest absolute Gasteiger partial charge is 0.305 e. The lowest BCUT2D eigenvalue weighted by Gasteiger charge is -2.09. The minimum absolute atomic E-state index is 0.175. The van der Waals surface area contributed by atoms with Gasteiger partial charge >= 0.3 is 5.97 Å². The van der Waals surface area contributed by atoms with E-state index in [0.717, 1.165) is 25.3 Å². The van der Waals surface area contributed by atoms with Gasteiger partial charge in [0.25, 0.3) is 11.4 Å². The summed E-state index contributed by atoms with van der Waals surface area (Å²) in [7, 11) is 0. The zero-order chi connectivity index (χ0) is 34.2. The van der Waals surface area contributed by atoms with E-state index in [0.29, 0.717) is 106 Å². The Balaban J connectivity index is 1.75. The van der Waals surface area contributed by atoms with Gasteiger partial charge in [-0.05, 0) is 12.5 Å². The van der Waals surface area contributed by atoms with Crippen LogP contribution < -0.4 is 5.32 Å². The molecule has 0 unspecified atom stereocenters. The zero-order valence-electron chi connectivity index (χ0n) is 27.4. The van der Waals surface area contributed by atoms with E-state index in [4.69, 9.17) is 42.6 Å². The van der Waals surface area contributed by atoms with Crippen LogP contribution in [0.25, 0.3) is 0 Å². The Morgan fingerprint density at radius 3 is 1.45 bits per heavy atom. The molecule has 1 aromatic rings. The van der Waals surface area contributed by atoms with Crippen LogP contribution in [0.15, 0.2) is 18.2 Å². The fourth-order valence-corrected chi connectivity index (χ4v) is 3.64. The van der Waals surface area contributed by atoms with Crippen LogP contribution in [0.2, 0.25) is 0 Å². The molecular formula is C30H51N3O14. The van der Waals surface area contributed by atoms with Gasteiger partial charge in [-0.25, -0.2) is 0 Å². The van der Waals surface area contributed by atoms with E-state index >= 15 is 0 Å². The Bertz CT molecular complexity index is 956. The third-order valence-electron chi connectivity index (χ3n) is 6.03. The Morgan fingerprint density at radius 2 is 1.04 bits per heavy atom. The van der Waals surface area contributed by atoms with E-state index < -0.39 is 9.85 Å². The molecule has 1 aromatic carbocycles. The van der Waals surface area contributed by atoms with Crippen LogP contribution in [-0.4, -0.2) is 135 Å². The van der Waals surface area contributed by atoms with E-state index in [1.54, 1.807) is 0 Å². The Morgan fingerprint density at radius 1 is 0.617 bits per heavy atom. The highest BCUT2D eigenvalue weighted by atomic mass is 16.6. The molecule has 1 rings (SSSR count). The molecule has 17 nitrogen and oxygen atoms in total. The van der Waals surface area contributed by atoms with Crippen molar-refractivity contribution < 1.29 is 57.3 Å². The van der Waals surface area contributed by atoms with Gasteiger partial charge in [0.15, 0.2) is 0 Å². The molecule has 270 valence electrons. The van der Waals surface area contributed by atoms with Crippen molar-refractivity contribution in [2.75, 3.05) is 124 Å². The first-order chi connectivity index (χ1) is 23.0. The molecule has 0 aliphatic heterocycles. The number of carbonyl (C=O) groups excluding carboxylic acids is 1. The second-order valence-electron chi connectivity index (χ2n) is 9.72. The van der Waals surface area contributed by atoms with Crippen molar-refractivity contribution in [2.45, 2.75) is 32.6 Å². The highest BCUT2D eigenvalue weighted by Crippen LogP contribution is 2.28. The van der Waals surface area contributed by atoms with Crippen molar-refractivity contribution in [2.24, 2.45) is 0 Å². The number of nitrogens with one attached hydrogen (secondary N) is 1. The van der Waals surface area contributed by atoms with Gasteiger partial charge in [-0.3, -0.25) is 25.0 Å². The highest BCUT2D eigenvalue weighted by Gasteiger charge is 2.19. The van der Waals surface area contributed by atoms with Crippen LogP contribution in [0.3, 0.4) is 0 Å². The normalized spacial score (nSPS) is 11.1. The molecule has 0 heterocycles. The van der Waals surface area contributed by atoms with E-state index in [1.807, 2.05) is 0 Å². The maximum absolute atomic E-state index is 11.4. The van der Waals surface area contributed by atoms with Crippen molar-refractivity contribution in [3.05, 3.63) is 38.4 Å². The van der Waals surface area contributed by atoms with Gasteiger partial charge in [0.2, 0.25) is 0 Å². The summed E-state index contributed by atoms with van der Waals surface area (Å²) in [6.45, 7) is 9.27. The van der Waals surface area contributed by atoms with Crippen LogP contribution in [0.1, 0.15) is 32.6 Å². The number of carbonyl (C=O) groups is 1. The summed E-state index contributed by atoms with van der Waals surface area (Å²) in [4.78, 5) is 32.0. The number of rotatable bonds is 34. The molecule has 47 heavy (non-hydrogen) atoms. The fraction of sp³-hybridized carbons (Fsp3) is 0.767. The highest BCUT2D eigenvalue weighted by molar-refractivity contribution is 5.69. The summed E-state index contributed by atoms with van der Waals surface area (Å²) in [5.74, 6) is -0.175. The summed E-state index contributed by atoms with van der Waals surface area (Å²) in [6, 6.07) is 3.42. The molecule has 0 aromatic heterocycles. The summed E-state index contributed by atoms with van der Waals surface area (Å²) >= 11 is 0. The maximum Gasteiger partial charge on any atom is 0.305 e.